The summed E-state index contributed by atoms with van der Waals surface area (Å²) in [5, 5.41) is 0. The van der Waals surface area contributed by atoms with Gasteiger partial charge in [-0.1, -0.05) is 157 Å². The van der Waals surface area contributed by atoms with Crippen molar-refractivity contribution in [3.8, 4) is 34.1 Å². The van der Waals surface area contributed by atoms with Crippen LogP contribution in [0.4, 0.5) is 17.1 Å². The fourth-order valence-electron chi connectivity index (χ4n) is 6.84. The number of nitrogens with zero attached hydrogens (tertiary/aromatic N) is 1. The Balaban J connectivity index is 1.36. The van der Waals surface area contributed by atoms with Crippen LogP contribution in [0.15, 0.2) is 188 Å². The Bertz CT molecular complexity index is 2150. The van der Waals surface area contributed by atoms with E-state index < -0.39 is 5.41 Å². The molecule has 1 heteroatoms. The minimum Gasteiger partial charge on any atom is -0.310 e. The number of benzene rings is 7. The van der Waals surface area contributed by atoms with Crippen LogP contribution in [0.25, 0.3) is 22.3 Å². The summed E-state index contributed by atoms with van der Waals surface area (Å²) in [5.74, 6) is 7.60. The monoisotopic (exact) mass is 585 g/mol. The molecule has 8 rings (SSSR count). The van der Waals surface area contributed by atoms with Crippen LogP contribution in [0.5, 0.6) is 0 Å². The summed E-state index contributed by atoms with van der Waals surface area (Å²) in [4.78, 5) is 2.33. The van der Waals surface area contributed by atoms with Crippen LogP contribution in [0.3, 0.4) is 0 Å². The van der Waals surface area contributed by atoms with Crippen LogP contribution in [0.1, 0.15) is 22.3 Å². The number of anilines is 3. The molecule has 46 heavy (non-hydrogen) atoms. The van der Waals surface area contributed by atoms with Gasteiger partial charge in [-0.25, -0.2) is 0 Å². The summed E-state index contributed by atoms with van der Waals surface area (Å²) < 4.78 is 0. The zero-order valence-electron chi connectivity index (χ0n) is 25.3. The van der Waals surface area contributed by atoms with E-state index in [1.165, 1.54) is 33.4 Å². The van der Waals surface area contributed by atoms with Crippen molar-refractivity contribution in [1.82, 2.24) is 0 Å². The van der Waals surface area contributed by atoms with Crippen molar-refractivity contribution in [2.45, 2.75) is 5.41 Å². The number of fused-ring (bicyclic) bond motifs is 3. The quantitative estimate of drug-likeness (QED) is 0.182. The third kappa shape index (κ3) is 4.69. The van der Waals surface area contributed by atoms with E-state index in [1.54, 1.807) is 0 Å². The van der Waals surface area contributed by atoms with Crippen LogP contribution in [-0.2, 0) is 5.41 Å². The lowest BCUT2D eigenvalue weighted by Crippen LogP contribution is -2.25. The highest BCUT2D eigenvalue weighted by Crippen LogP contribution is 2.53. The molecule has 0 saturated heterocycles. The molecule has 7 aromatic rings. The van der Waals surface area contributed by atoms with Crippen LogP contribution in [0, 0.1) is 11.8 Å². The summed E-state index contributed by atoms with van der Waals surface area (Å²) in [7, 11) is 0. The van der Waals surface area contributed by atoms with Gasteiger partial charge in [-0.2, -0.15) is 0 Å². The third-order valence-corrected chi connectivity index (χ3v) is 8.92. The fraction of sp³-hybridized carbons (Fsp3) is 0.0222. The third-order valence-electron chi connectivity index (χ3n) is 8.92. The molecule has 1 aliphatic carbocycles. The van der Waals surface area contributed by atoms with Crippen molar-refractivity contribution >= 4 is 17.1 Å². The lowest BCUT2D eigenvalue weighted by molar-refractivity contribution is 0.837. The molecule has 1 atom stereocenters. The predicted molar refractivity (Wildman–Crippen MR) is 192 cm³/mol. The molecule has 1 nitrogen and oxygen atoms in total. The average molecular weight is 586 g/mol. The molecule has 1 aliphatic rings. The topological polar surface area (TPSA) is 3.24 Å². The molecule has 1 unspecified atom stereocenters. The molecular formula is C45H31N. The lowest BCUT2D eigenvalue weighted by atomic mass is 9.73. The van der Waals surface area contributed by atoms with E-state index in [0.29, 0.717) is 0 Å². The first kappa shape index (κ1) is 27.4. The average Bonchev–Trinajstić information content (AvgIpc) is 3.42. The summed E-state index contributed by atoms with van der Waals surface area (Å²) in [6.45, 7) is 0. The highest BCUT2D eigenvalue weighted by atomic mass is 15.1. The summed E-state index contributed by atoms with van der Waals surface area (Å²) in [6.07, 6.45) is 0. The molecule has 0 radical (unpaired) electrons. The van der Waals surface area contributed by atoms with E-state index in [1.807, 2.05) is 0 Å². The normalized spacial score (nSPS) is 14.4. The molecule has 0 fully saturated rings. The Kier molecular flexibility index (Phi) is 7.02. The van der Waals surface area contributed by atoms with Gasteiger partial charge in [0.1, 0.15) is 5.41 Å². The van der Waals surface area contributed by atoms with Gasteiger partial charge in [0, 0.05) is 22.6 Å². The maximum atomic E-state index is 3.90. The summed E-state index contributed by atoms with van der Waals surface area (Å²) >= 11 is 0. The lowest BCUT2D eigenvalue weighted by Gasteiger charge is -2.29. The molecule has 0 amide bonds. The molecule has 0 aliphatic heterocycles. The molecule has 0 saturated carbocycles. The van der Waals surface area contributed by atoms with E-state index >= 15 is 0 Å². The fourth-order valence-corrected chi connectivity index (χ4v) is 6.84. The highest BCUT2D eigenvalue weighted by Gasteiger charge is 2.44. The van der Waals surface area contributed by atoms with Crippen molar-refractivity contribution in [3.63, 3.8) is 0 Å². The molecule has 216 valence electrons. The van der Waals surface area contributed by atoms with Gasteiger partial charge in [-0.15, -0.1) is 0 Å². The number of hydrogen-bond acceptors (Lipinski definition) is 1. The van der Waals surface area contributed by atoms with Gasteiger partial charge in [-0.05, 0) is 81.4 Å². The second-order valence-electron chi connectivity index (χ2n) is 11.6. The molecule has 0 heterocycles. The Hall–Kier alpha value is -6.10. The first-order valence-electron chi connectivity index (χ1n) is 15.7. The standard InChI is InChI=1S/C45H31N/c1-5-17-34(18-6-1)40-26-14-13-19-35(40)31-32-45(36-20-7-2-8-21-36)43-28-16-15-27-41(43)42-33-39(29-30-44(42)45)46(37-22-9-3-10-23-37)38-24-11-4-12-25-38/h1-30,33H. The number of para-hydroxylation sites is 2. The van der Waals surface area contributed by atoms with Crippen LogP contribution < -0.4 is 4.90 Å². The first-order chi connectivity index (χ1) is 22.8. The van der Waals surface area contributed by atoms with Gasteiger partial charge >= 0.3 is 0 Å². The van der Waals surface area contributed by atoms with Crippen molar-refractivity contribution in [3.05, 3.63) is 210 Å². The Morgan fingerprint density at radius 1 is 0.391 bits per heavy atom. The number of rotatable bonds is 5. The van der Waals surface area contributed by atoms with E-state index in [4.69, 9.17) is 0 Å². The summed E-state index contributed by atoms with van der Waals surface area (Å²) in [5.41, 5.74) is 12.0. The van der Waals surface area contributed by atoms with Gasteiger partial charge in [0.15, 0.2) is 0 Å². The van der Waals surface area contributed by atoms with Gasteiger partial charge < -0.3 is 4.90 Å². The molecule has 0 spiro atoms. The van der Waals surface area contributed by atoms with Crippen molar-refractivity contribution in [1.29, 1.82) is 0 Å². The largest absolute Gasteiger partial charge is 0.310 e. The molecule has 0 N–H and O–H groups in total. The van der Waals surface area contributed by atoms with Crippen LogP contribution >= 0.6 is 0 Å². The van der Waals surface area contributed by atoms with E-state index in [2.05, 4.69) is 205 Å². The molecular weight excluding hydrogens is 555 g/mol. The van der Waals surface area contributed by atoms with Gasteiger partial charge in [0.2, 0.25) is 0 Å². The van der Waals surface area contributed by atoms with Crippen molar-refractivity contribution < 1.29 is 0 Å². The second-order valence-corrected chi connectivity index (χ2v) is 11.6. The Morgan fingerprint density at radius 3 is 1.59 bits per heavy atom. The van der Waals surface area contributed by atoms with Gasteiger partial charge in [0.05, 0.1) is 0 Å². The van der Waals surface area contributed by atoms with Crippen LogP contribution in [0.2, 0.25) is 0 Å². The second kappa shape index (κ2) is 11.8. The smallest absolute Gasteiger partial charge is 0.108 e. The van der Waals surface area contributed by atoms with Gasteiger partial charge in [0.25, 0.3) is 0 Å². The predicted octanol–water partition coefficient (Wildman–Crippen LogP) is 11.2. The zero-order chi connectivity index (χ0) is 30.8. The van der Waals surface area contributed by atoms with Gasteiger partial charge in [-0.3, -0.25) is 0 Å². The van der Waals surface area contributed by atoms with Crippen molar-refractivity contribution in [2.24, 2.45) is 0 Å². The SMILES string of the molecule is C(#CC1(c2ccccc2)c2ccccc2-c2cc(N(c3ccccc3)c3ccccc3)ccc21)c1ccccc1-c1ccccc1. The Labute approximate surface area is 271 Å². The molecule has 0 bridgehead atoms. The maximum Gasteiger partial charge on any atom is 0.108 e. The zero-order valence-corrected chi connectivity index (χ0v) is 25.3. The van der Waals surface area contributed by atoms with E-state index in [0.717, 1.165) is 28.2 Å². The molecule has 0 aromatic heterocycles. The highest BCUT2D eigenvalue weighted by molar-refractivity contribution is 5.90. The number of hydrogen-bond donors (Lipinski definition) is 0. The van der Waals surface area contributed by atoms with E-state index in [-0.39, 0.29) is 0 Å². The minimum absolute atomic E-state index is 0.639. The van der Waals surface area contributed by atoms with Crippen LogP contribution in [-0.4, -0.2) is 0 Å². The minimum atomic E-state index is -0.639. The van der Waals surface area contributed by atoms with E-state index in [9.17, 15) is 0 Å². The first-order valence-corrected chi connectivity index (χ1v) is 15.7. The Morgan fingerprint density at radius 2 is 0.913 bits per heavy atom. The van der Waals surface area contributed by atoms with Crippen molar-refractivity contribution in [2.75, 3.05) is 4.90 Å². The summed E-state index contributed by atoms with van der Waals surface area (Å²) in [6, 6.07) is 66.6. The maximum absolute atomic E-state index is 3.90. The molecule has 7 aromatic carbocycles.